The Morgan fingerprint density at radius 2 is 2.05 bits per heavy atom. The normalized spacial score (nSPS) is 17.1. The highest BCUT2D eigenvalue weighted by Gasteiger charge is 2.22. The number of rotatable bonds is 3. The van der Waals surface area contributed by atoms with Gasteiger partial charge < -0.3 is 15.0 Å². The van der Waals surface area contributed by atoms with Gasteiger partial charge >= 0.3 is 0 Å². The van der Waals surface area contributed by atoms with E-state index >= 15 is 0 Å². The predicted molar refractivity (Wildman–Crippen MR) is 71.6 cm³/mol. The number of nitrogens with zero attached hydrogens (tertiary/aromatic N) is 1. The Morgan fingerprint density at radius 3 is 2.68 bits per heavy atom. The van der Waals surface area contributed by atoms with Crippen molar-refractivity contribution in [3.63, 3.8) is 0 Å². The van der Waals surface area contributed by atoms with E-state index in [1.807, 2.05) is 13.0 Å². The molecular weight excluding hydrogens is 247 g/mol. The number of anilines is 1. The van der Waals surface area contributed by atoms with Crippen molar-refractivity contribution < 1.29 is 13.9 Å². The first-order chi connectivity index (χ1) is 9.06. The van der Waals surface area contributed by atoms with Crippen LogP contribution in [-0.4, -0.2) is 43.2 Å². The van der Waals surface area contributed by atoms with Crippen molar-refractivity contribution in [2.24, 2.45) is 0 Å². The van der Waals surface area contributed by atoms with E-state index in [2.05, 4.69) is 5.32 Å². The van der Waals surface area contributed by atoms with Crippen molar-refractivity contribution in [2.75, 3.05) is 31.6 Å². The highest BCUT2D eigenvalue weighted by Crippen LogP contribution is 2.15. The summed E-state index contributed by atoms with van der Waals surface area (Å²) in [7, 11) is 0. The molecule has 1 saturated heterocycles. The third-order valence-electron chi connectivity index (χ3n) is 3.12. The number of hydrogen-bond acceptors (Lipinski definition) is 3. The molecule has 1 aromatic carbocycles. The van der Waals surface area contributed by atoms with Crippen LogP contribution in [0.3, 0.4) is 0 Å². The van der Waals surface area contributed by atoms with E-state index in [0.29, 0.717) is 32.0 Å². The topological polar surface area (TPSA) is 41.6 Å². The van der Waals surface area contributed by atoms with Crippen LogP contribution in [0.25, 0.3) is 0 Å². The summed E-state index contributed by atoms with van der Waals surface area (Å²) in [5, 5.41) is 3.05. The van der Waals surface area contributed by atoms with Crippen LogP contribution in [-0.2, 0) is 9.53 Å². The van der Waals surface area contributed by atoms with Gasteiger partial charge in [-0.1, -0.05) is 0 Å². The van der Waals surface area contributed by atoms with Gasteiger partial charge in [0.25, 0.3) is 0 Å². The number of hydrogen-bond donors (Lipinski definition) is 1. The Balaban J connectivity index is 1.99. The number of morpholine rings is 1. The summed E-state index contributed by atoms with van der Waals surface area (Å²) >= 11 is 0. The van der Waals surface area contributed by atoms with E-state index in [-0.39, 0.29) is 17.8 Å². The van der Waals surface area contributed by atoms with Crippen molar-refractivity contribution >= 4 is 11.6 Å². The Bertz CT molecular complexity index is 439. The third kappa shape index (κ3) is 3.67. The first kappa shape index (κ1) is 13.8. The van der Waals surface area contributed by atoms with Crippen molar-refractivity contribution in [2.45, 2.75) is 19.9 Å². The van der Waals surface area contributed by atoms with Crippen LogP contribution in [0.1, 0.15) is 12.5 Å². The molecule has 0 saturated carbocycles. The zero-order valence-corrected chi connectivity index (χ0v) is 11.3. The summed E-state index contributed by atoms with van der Waals surface area (Å²) in [6, 6.07) is 4.31. The Hall–Kier alpha value is -1.62. The van der Waals surface area contributed by atoms with Gasteiger partial charge in [0, 0.05) is 18.8 Å². The summed E-state index contributed by atoms with van der Waals surface area (Å²) < 4.78 is 18.5. The summed E-state index contributed by atoms with van der Waals surface area (Å²) in [6.07, 6.45) is 0. The fourth-order valence-electron chi connectivity index (χ4n) is 2.19. The fraction of sp³-hybridized carbons (Fsp3) is 0.500. The quantitative estimate of drug-likeness (QED) is 0.907. The van der Waals surface area contributed by atoms with Gasteiger partial charge in [0.05, 0.1) is 13.2 Å². The van der Waals surface area contributed by atoms with E-state index in [0.717, 1.165) is 5.56 Å². The average molecular weight is 266 g/mol. The second-order valence-corrected chi connectivity index (χ2v) is 4.82. The lowest BCUT2D eigenvalue weighted by atomic mass is 10.2. The van der Waals surface area contributed by atoms with Gasteiger partial charge in [-0.05, 0) is 37.6 Å². The Morgan fingerprint density at radius 1 is 1.37 bits per heavy atom. The molecule has 5 heteroatoms. The molecule has 1 unspecified atom stereocenters. The van der Waals surface area contributed by atoms with Crippen molar-refractivity contribution in [1.82, 2.24) is 4.90 Å². The molecule has 1 N–H and O–H groups in total. The third-order valence-corrected chi connectivity index (χ3v) is 3.12. The maximum atomic E-state index is 13.3. The number of halogens is 1. The van der Waals surface area contributed by atoms with Gasteiger partial charge in [0.1, 0.15) is 11.9 Å². The summed E-state index contributed by atoms with van der Waals surface area (Å²) in [5.41, 5.74) is 1.46. The largest absolute Gasteiger partial charge is 0.378 e. The fourth-order valence-corrected chi connectivity index (χ4v) is 2.19. The van der Waals surface area contributed by atoms with E-state index in [1.54, 1.807) is 11.8 Å². The molecule has 4 nitrogen and oxygen atoms in total. The van der Waals surface area contributed by atoms with E-state index in [1.165, 1.54) is 12.1 Å². The van der Waals surface area contributed by atoms with Gasteiger partial charge in [-0.15, -0.1) is 0 Å². The van der Waals surface area contributed by atoms with Crippen LogP contribution in [0.4, 0.5) is 10.1 Å². The van der Waals surface area contributed by atoms with Crippen LogP contribution >= 0.6 is 0 Å². The van der Waals surface area contributed by atoms with Gasteiger partial charge in [0.2, 0.25) is 5.91 Å². The van der Waals surface area contributed by atoms with Gasteiger partial charge in [0.15, 0.2) is 0 Å². The molecule has 1 aromatic rings. The molecule has 0 aromatic heterocycles. The van der Waals surface area contributed by atoms with Crippen LogP contribution in [0.15, 0.2) is 18.2 Å². The molecule has 1 heterocycles. The predicted octanol–water partition coefficient (Wildman–Crippen LogP) is 1.79. The molecule has 2 rings (SSSR count). The highest BCUT2D eigenvalue weighted by molar-refractivity contribution is 5.84. The molecule has 1 aliphatic heterocycles. The van der Waals surface area contributed by atoms with E-state index in [4.69, 9.17) is 4.74 Å². The Labute approximate surface area is 112 Å². The van der Waals surface area contributed by atoms with Crippen LogP contribution in [0.5, 0.6) is 0 Å². The summed E-state index contributed by atoms with van der Waals surface area (Å²) in [6.45, 7) is 6.01. The molecule has 0 aliphatic carbocycles. The summed E-state index contributed by atoms with van der Waals surface area (Å²) in [4.78, 5) is 14.0. The first-order valence-corrected chi connectivity index (χ1v) is 6.46. The van der Waals surface area contributed by atoms with Crippen LogP contribution < -0.4 is 5.32 Å². The van der Waals surface area contributed by atoms with Gasteiger partial charge in [-0.3, -0.25) is 4.79 Å². The number of benzene rings is 1. The zero-order chi connectivity index (χ0) is 13.8. The van der Waals surface area contributed by atoms with Gasteiger partial charge in [-0.25, -0.2) is 4.39 Å². The minimum atomic E-state index is -0.376. The average Bonchev–Trinajstić information content (AvgIpc) is 2.37. The van der Waals surface area contributed by atoms with Crippen LogP contribution in [0, 0.1) is 12.7 Å². The molecular formula is C14H19FN2O2. The standard InChI is InChI=1S/C14H19FN2O2/c1-10-7-12(15)9-13(8-10)16-11(2)14(18)17-3-5-19-6-4-17/h7-9,11,16H,3-6H2,1-2H3. The maximum absolute atomic E-state index is 13.3. The highest BCUT2D eigenvalue weighted by atomic mass is 19.1. The molecule has 1 aliphatic rings. The van der Waals surface area contributed by atoms with E-state index < -0.39 is 0 Å². The number of nitrogens with one attached hydrogen (secondary N) is 1. The molecule has 104 valence electrons. The van der Waals surface area contributed by atoms with Crippen molar-refractivity contribution in [3.8, 4) is 0 Å². The number of aryl methyl sites for hydroxylation is 1. The maximum Gasteiger partial charge on any atom is 0.244 e. The molecule has 1 fully saturated rings. The number of amides is 1. The lowest BCUT2D eigenvalue weighted by Crippen LogP contribution is -2.47. The van der Waals surface area contributed by atoms with Crippen molar-refractivity contribution in [1.29, 1.82) is 0 Å². The lowest BCUT2D eigenvalue weighted by molar-refractivity contribution is -0.135. The molecule has 0 spiro atoms. The molecule has 19 heavy (non-hydrogen) atoms. The van der Waals surface area contributed by atoms with Crippen LogP contribution in [0.2, 0.25) is 0 Å². The zero-order valence-electron chi connectivity index (χ0n) is 11.3. The second kappa shape index (κ2) is 6.02. The first-order valence-electron chi connectivity index (χ1n) is 6.46. The molecule has 1 amide bonds. The molecule has 0 bridgehead atoms. The smallest absolute Gasteiger partial charge is 0.244 e. The minimum absolute atomic E-state index is 0.0187. The molecule has 0 radical (unpaired) electrons. The van der Waals surface area contributed by atoms with E-state index in [9.17, 15) is 9.18 Å². The Kier molecular flexibility index (Phi) is 4.37. The molecule has 1 atom stereocenters. The minimum Gasteiger partial charge on any atom is -0.378 e. The second-order valence-electron chi connectivity index (χ2n) is 4.82. The van der Waals surface area contributed by atoms with Crippen molar-refractivity contribution in [3.05, 3.63) is 29.6 Å². The summed E-state index contributed by atoms with van der Waals surface area (Å²) in [5.74, 6) is -0.279. The number of carbonyl (C=O) groups excluding carboxylic acids is 1. The number of carbonyl (C=O) groups is 1. The SMILES string of the molecule is Cc1cc(F)cc(NC(C)C(=O)N2CCOCC2)c1. The monoisotopic (exact) mass is 266 g/mol. The lowest BCUT2D eigenvalue weighted by Gasteiger charge is -2.29. The van der Waals surface area contributed by atoms with Gasteiger partial charge in [-0.2, -0.15) is 0 Å². The number of ether oxygens (including phenoxy) is 1.